The van der Waals surface area contributed by atoms with Crippen molar-refractivity contribution in [1.29, 1.82) is 0 Å². The maximum absolute atomic E-state index is 5.83. The fraction of sp³-hybridized carbons (Fsp3) is 0.625. The third-order valence-electron chi connectivity index (χ3n) is 3.88. The number of rotatable bonds is 7. The molecule has 3 nitrogen and oxygen atoms in total. The van der Waals surface area contributed by atoms with Crippen LogP contribution in [0.4, 0.5) is 0 Å². The van der Waals surface area contributed by atoms with E-state index in [1.807, 2.05) is 0 Å². The molecule has 4 heteroatoms. The summed E-state index contributed by atoms with van der Waals surface area (Å²) in [6, 6.07) is 9.30. The molecule has 20 heavy (non-hydrogen) atoms. The number of nitrogens with one attached hydrogen (secondary N) is 1. The zero-order chi connectivity index (χ0) is 13.6. The molecule has 0 amide bonds. The number of thioether (sulfide) groups is 1. The van der Waals surface area contributed by atoms with Crippen LogP contribution in [0.15, 0.2) is 24.3 Å². The van der Waals surface area contributed by atoms with Gasteiger partial charge in [-0.3, -0.25) is 4.90 Å². The Labute approximate surface area is 126 Å². The summed E-state index contributed by atoms with van der Waals surface area (Å²) in [5.74, 6) is 3.53. The predicted octanol–water partition coefficient (Wildman–Crippen LogP) is 2.37. The first kappa shape index (κ1) is 14.2. The Balaban J connectivity index is 1.36. The zero-order valence-corrected chi connectivity index (χ0v) is 12.8. The highest BCUT2D eigenvalue weighted by atomic mass is 32.2. The summed E-state index contributed by atoms with van der Waals surface area (Å²) in [5.41, 5.74) is 1.34. The van der Waals surface area contributed by atoms with Crippen LogP contribution in [0.25, 0.3) is 0 Å². The Kier molecular flexibility index (Phi) is 5.23. The van der Waals surface area contributed by atoms with E-state index in [0.717, 1.165) is 31.5 Å². The Morgan fingerprint density at radius 3 is 2.60 bits per heavy atom. The maximum Gasteiger partial charge on any atom is 0.119 e. The van der Waals surface area contributed by atoms with Crippen LogP contribution in [0, 0.1) is 0 Å². The van der Waals surface area contributed by atoms with Crippen LogP contribution < -0.4 is 10.1 Å². The molecular weight excluding hydrogens is 268 g/mol. The minimum atomic E-state index is 0.772. The van der Waals surface area contributed by atoms with E-state index < -0.39 is 0 Å². The van der Waals surface area contributed by atoms with Gasteiger partial charge in [0.25, 0.3) is 0 Å². The molecule has 2 fully saturated rings. The average molecular weight is 292 g/mol. The standard InChI is InChI=1S/C16H24N2OS/c1-5-16(6-2-14(1)13-17-15-3-4-15)19-10-7-18-8-11-20-12-9-18/h1-2,5-6,15,17H,3-4,7-13H2. The highest BCUT2D eigenvalue weighted by molar-refractivity contribution is 7.99. The lowest BCUT2D eigenvalue weighted by molar-refractivity contribution is 0.222. The van der Waals surface area contributed by atoms with Crippen molar-refractivity contribution in [1.82, 2.24) is 10.2 Å². The lowest BCUT2D eigenvalue weighted by Crippen LogP contribution is -2.35. The molecule has 0 unspecified atom stereocenters. The molecule has 2 aliphatic rings. The van der Waals surface area contributed by atoms with Crippen molar-refractivity contribution in [2.45, 2.75) is 25.4 Å². The molecule has 0 spiro atoms. The van der Waals surface area contributed by atoms with Crippen molar-refractivity contribution < 1.29 is 4.74 Å². The number of nitrogens with zero attached hydrogens (tertiary/aromatic N) is 1. The van der Waals surface area contributed by atoms with E-state index in [4.69, 9.17) is 4.74 Å². The zero-order valence-electron chi connectivity index (χ0n) is 12.0. The normalized spacial score (nSPS) is 20.0. The molecule has 1 aromatic carbocycles. The van der Waals surface area contributed by atoms with Crippen LogP contribution in [0.2, 0.25) is 0 Å². The Morgan fingerprint density at radius 1 is 1.15 bits per heavy atom. The van der Waals surface area contributed by atoms with E-state index in [-0.39, 0.29) is 0 Å². The molecule has 1 heterocycles. The molecule has 0 bridgehead atoms. The quantitative estimate of drug-likeness (QED) is 0.834. The Hall–Kier alpha value is -0.710. The van der Waals surface area contributed by atoms with Crippen LogP contribution in [-0.4, -0.2) is 48.7 Å². The number of benzene rings is 1. The van der Waals surface area contributed by atoms with Crippen molar-refractivity contribution in [3.63, 3.8) is 0 Å². The van der Waals surface area contributed by atoms with Crippen molar-refractivity contribution in [3.05, 3.63) is 29.8 Å². The van der Waals surface area contributed by atoms with E-state index in [1.54, 1.807) is 0 Å². The van der Waals surface area contributed by atoms with Gasteiger partial charge in [0.1, 0.15) is 12.4 Å². The first-order chi connectivity index (χ1) is 9.90. The second-order valence-electron chi connectivity index (χ2n) is 5.60. The van der Waals surface area contributed by atoms with E-state index >= 15 is 0 Å². The molecule has 0 aromatic heterocycles. The van der Waals surface area contributed by atoms with Crippen LogP contribution in [-0.2, 0) is 6.54 Å². The summed E-state index contributed by atoms with van der Waals surface area (Å²) in [5, 5.41) is 3.53. The summed E-state index contributed by atoms with van der Waals surface area (Å²) < 4.78 is 5.83. The highest BCUT2D eigenvalue weighted by Gasteiger charge is 2.19. The molecule has 1 N–H and O–H groups in total. The van der Waals surface area contributed by atoms with Crippen molar-refractivity contribution in [2.24, 2.45) is 0 Å². The molecule has 110 valence electrons. The number of ether oxygens (including phenoxy) is 1. The van der Waals surface area contributed by atoms with E-state index in [9.17, 15) is 0 Å². The fourth-order valence-corrected chi connectivity index (χ4v) is 3.35. The van der Waals surface area contributed by atoms with Gasteiger partial charge < -0.3 is 10.1 Å². The van der Waals surface area contributed by atoms with Crippen LogP contribution >= 0.6 is 11.8 Å². The van der Waals surface area contributed by atoms with E-state index in [0.29, 0.717) is 0 Å². The Bertz CT molecular complexity index is 399. The van der Waals surface area contributed by atoms with Crippen LogP contribution in [0.1, 0.15) is 18.4 Å². The van der Waals surface area contributed by atoms with Crippen molar-refractivity contribution in [2.75, 3.05) is 37.7 Å². The van der Waals surface area contributed by atoms with Gasteiger partial charge in [-0.25, -0.2) is 0 Å². The summed E-state index contributed by atoms with van der Waals surface area (Å²) in [4.78, 5) is 2.49. The molecule has 1 aromatic rings. The molecule has 1 saturated carbocycles. The lowest BCUT2D eigenvalue weighted by atomic mass is 10.2. The Morgan fingerprint density at radius 2 is 1.90 bits per heavy atom. The van der Waals surface area contributed by atoms with Gasteiger partial charge in [-0.1, -0.05) is 12.1 Å². The second-order valence-corrected chi connectivity index (χ2v) is 6.83. The SMILES string of the molecule is c1cc(OCCN2CCSCC2)ccc1CNC1CC1. The molecule has 0 atom stereocenters. The van der Waals surface area contributed by atoms with Gasteiger partial charge in [0, 0.05) is 43.7 Å². The van der Waals surface area contributed by atoms with Crippen LogP contribution in [0.5, 0.6) is 5.75 Å². The summed E-state index contributed by atoms with van der Waals surface area (Å²) in [6.07, 6.45) is 2.69. The van der Waals surface area contributed by atoms with Gasteiger partial charge in [0.05, 0.1) is 0 Å². The molecule has 1 aliphatic heterocycles. The minimum Gasteiger partial charge on any atom is -0.492 e. The molecule has 0 radical (unpaired) electrons. The topological polar surface area (TPSA) is 24.5 Å². The largest absolute Gasteiger partial charge is 0.492 e. The minimum absolute atomic E-state index is 0.772. The van der Waals surface area contributed by atoms with Crippen molar-refractivity contribution in [3.8, 4) is 5.75 Å². The summed E-state index contributed by atoms with van der Waals surface area (Å²) in [7, 11) is 0. The summed E-state index contributed by atoms with van der Waals surface area (Å²) >= 11 is 2.05. The average Bonchev–Trinajstić information content (AvgIpc) is 3.32. The monoisotopic (exact) mass is 292 g/mol. The van der Waals surface area contributed by atoms with Gasteiger partial charge in [0.15, 0.2) is 0 Å². The van der Waals surface area contributed by atoms with Gasteiger partial charge in [-0.2, -0.15) is 11.8 Å². The molecule has 1 aliphatic carbocycles. The third-order valence-corrected chi connectivity index (χ3v) is 4.82. The third kappa shape index (κ3) is 4.69. The predicted molar refractivity (Wildman–Crippen MR) is 85.6 cm³/mol. The van der Waals surface area contributed by atoms with E-state index in [2.05, 4.69) is 46.2 Å². The first-order valence-corrected chi connectivity index (χ1v) is 8.81. The van der Waals surface area contributed by atoms with Gasteiger partial charge in [0.2, 0.25) is 0 Å². The van der Waals surface area contributed by atoms with E-state index in [1.165, 1.54) is 43.0 Å². The smallest absolute Gasteiger partial charge is 0.119 e. The summed E-state index contributed by atoms with van der Waals surface area (Å²) in [6.45, 7) is 5.24. The van der Waals surface area contributed by atoms with Gasteiger partial charge >= 0.3 is 0 Å². The van der Waals surface area contributed by atoms with Gasteiger partial charge in [-0.15, -0.1) is 0 Å². The molecular formula is C16H24N2OS. The highest BCUT2D eigenvalue weighted by Crippen LogP contribution is 2.20. The first-order valence-electron chi connectivity index (χ1n) is 7.65. The lowest BCUT2D eigenvalue weighted by Gasteiger charge is -2.25. The number of hydrogen-bond acceptors (Lipinski definition) is 4. The number of hydrogen-bond donors (Lipinski definition) is 1. The maximum atomic E-state index is 5.83. The fourth-order valence-electron chi connectivity index (χ4n) is 2.37. The van der Waals surface area contributed by atoms with Gasteiger partial charge in [-0.05, 0) is 30.5 Å². The van der Waals surface area contributed by atoms with Crippen molar-refractivity contribution >= 4 is 11.8 Å². The molecule has 3 rings (SSSR count). The second kappa shape index (κ2) is 7.34. The van der Waals surface area contributed by atoms with Crippen LogP contribution in [0.3, 0.4) is 0 Å². The molecule has 1 saturated heterocycles.